The van der Waals surface area contributed by atoms with Crippen LogP contribution in [0, 0.1) is 13.8 Å². The predicted octanol–water partition coefficient (Wildman–Crippen LogP) is 7.63. The van der Waals surface area contributed by atoms with Crippen molar-refractivity contribution in [1.82, 2.24) is 0 Å². The average molecular weight is 342 g/mol. The van der Waals surface area contributed by atoms with E-state index in [4.69, 9.17) is 0 Å². The van der Waals surface area contributed by atoms with Crippen molar-refractivity contribution in [3.63, 3.8) is 0 Å². The third kappa shape index (κ3) is 1.44. The van der Waals surface area contributed by atoms with Crippen molar-refractivity contribution in [3.05, 3.63) is 58.3 Å². The summed E-state index contributed by atoms with van der Waals surface area (Å²) in [7, 11) is 0. The Labute approximate surface area is 147 Å². The largest absolute Gasteiger partial charge is 0.140 e. The molecule has 2 aromatic heterocycles. The summed E-state index contributed by atoms with van der Waals surface area (Å²) < 4.78 is 2.87. The molecular weight excluding hydrogens is 328 g/mol. The summed E-state index contributed by atoms with van der Waals surface area (Å²) in [5.74, 6) is 0. The summed E-state index contributed by atoms with van der Waals surface area (Å²) in [5.41, 5.74) is 0. The first-order valence-corrected chi connectivity index (χ1v) is 9.84. The molecule has 6 rings (SSSR count). The third-order valence-corrected chi connectivity index (χ3v) is 7.33. The van der Waals surface area contributed by atoms with E-state index < -0.39 is 0 Å². The lowest BCUT2D eigenvalue weighted by Crippen LogP contribution is -1.85. The maximum atomic E-state index is 2.36. The Bertz CT molecular complexity index is 1210. The van der Waals surface area contributed by atoms with Crippen molar-refractivity contribution in [2.45, 2.75) is 13.8 Å². The fourth-order valence-corrected chi connectivity index (χ4v) is 6.41. The molecule has 0 nitrogen and oxygen atoms in total. The highest BCUT2D eigenvalue weighted by molar-refractivity contribution is 7.21. The zero-order valence-corrected chi connectivity index (χ0v) is 15.1. The van der Waals surface area contributed by atoms with Crippen molar-refractivity contribution in [1.29, 1.82) is 0 Å². The summed E-state index contributed by atoms with van der Waals surface area (Å²) in [6.45, 7) is 4.44. The predicted molar refractivity (Wildman–Crippen MR) is 110 cm³/mol. The molecule has 0 saturated heterocycles. The van der Waals surface area contributed by atoms with E-state index in [1.807, 2.05) is 22.7 Å². The first-order valence-electron chi connectivity index (χ1n) is 8.21. The molecule has 0 bridgehead atoms. The van der Waals surface area contributed by atoms with Gasteiger partial charge in [0.1, 0.15) is 0 Å². The van der Waals surface area contributed by atoms with E-state index in [1.165, 1.54) is 62.2 Å². The molecular formula is C22H14S2. The van der Waals surface area contributed by atoms with Gasteiger partial charge >= 0.3 is 0 Å². The molecule has 0 amide bonds. The molecule has 0 fully saturated rings. The van der Waals surface area contributed by atoms with Crippen LogP contribution >= 0.6 is 22.7 Å². The van der Waals surface area contributed by atoms with E-state index in [2.05, 4.69) is 62.4 Å². The molecule has 6 aromatic rings. The first-order chi connectivity index (χ1) is 11.7. The zero-order valence-electron chi connectivity index (χ0n) is 13.4. The Morgan fingerprint density at radius 1 is 0.542 bits per heavy atom. The second-order valence-electron chi connectivity index (χ2n) is 6.66. The maximum absolute atomic E-state index is 2.36. The van der Waals surface area contributed by atoms with Crippen LogP contribution in [0.25, 0.3) is 52.5 Å². The fraction of sp³-hybridized carbons (Fsp3) is 0.0909. The quantitative estimate of drug-likeness (QED) is 0.249. The Balaban J connectivity index is 2.14. The van der Waals surface area contributed by atoms with Gasteiger partial charge in [0.05, 0.1) is 0 Å². The lowest BCUT2D eigenvalue weighted by atomic mass is 9.91. The van der Waals surface area contributed by atoms with Crippen LogP contribution in [-0.4, -0.2) is 0 Å². The number of thiophene rings is 2. The number of aryl methyl sites for hydroxylation is 2. The Morgan fingerprint density at radius 2 is 0.958 bits per heavy atom. The Morgan fingerprint density at radius 3 is 1.42 bits per heavy atom. The van der Waals surface area contributed by atoms with Crippen molar-refractivity contribution >= 4 is 75.2 Å². The highest BCUT2D eigenvalue weighted by Crippen LogP contribution is 2.48. The van der Waals surface area contributed by atoms with Crippen LogP contribution < -0.4 is 0 Å². The smallest absolute Gasteiger partial charge is 0.0430 e. The maximum Gasteiger partial charge on any atom is 0.0430 e. The van der Waals surface area contributed by atoms with Crippen LogP contribution in [0.5, 0.6) is 0 Å². The van der Waals surface area contributed by atoms with Gasteiger partial charge in [-0.15, -0.1) is 22.7 Å². The van der Waals surface area contributed by atoms with E-state index in [1.54, 1.807) is 0 Å². The van der Waals surface area contributed by atoms with E-state index in [0.717, 1.165) is 0 Å². The standard InChI is InChI=1S/C22H14S2/c1-11-9-17-13-5-3-8-16-19(13)20-14(18-10-12(2)24-22(16)18)6-4-7-15(20)21(17)23-11/h3-10H,1-2H3. The molecule has 0 aliphatic heterocycles. The minimum absolute atomic E-state index is 1.39. The normalized spacial score (nSPS) is 12.6. The second kappa shape index (κ2) is 4.27. The van der Waals surface area contributed by atoms with Crippen LogP contribution in [-0.2, 0) is 0 Å². The third-order valence-electron chi connectivity index (χ3n) is 5.16. The van der Waals surface area contributed by atoms with Crippen LogP contribution in [0.4, 0.5) is 0 Å². The van der Waals surface area contributed by atoms with Crippen molar-refractivity contribution < 1.29 is 0 Å². The van der Waals surface area contributed by atoms with Crippen molar-refractivity contribution in [2.75, 3.05) is 0 Å². The number of rotatable bonds is 0. The van der Waals surface area contributed by atoms with Gasteiger partial charge in [0.15, 0.2) is 0 Å². The fourth-order valence-electron chi connectivity index (χ4n) is 4.30. The van der Waals surface area contributed by atoms with E-state index in [9.17, 15) is 0 Å². The van der Waals surface area contributed by atoms with Gasteiger partial charge in [0, 0.05) is 40.7 Å². The summed E-state index contributed by atoms with van der Waals surface area (Å²) in [6.07, 6.45) is 0. The summed E-state index contributed by atoms with van der Waals surface area (Å²) in [5, 5.41) is 11.4. The van der Waals surface area contributed by atoms with E-state index >= 15 is 0 Å². The van der Waals surface area contributed by atoms with Crippen LogP contribution in [0.1, 0.15) is 9.75 Å². The highest BCUT2D eigenvalue weighted by atomic mass is 32.1. The molecule has 0 atom stereocenters. The molecule has 24 heavy (non-hydrogen) atoms. The number of benzene rings is 4. The van der Waals surface area contributed by atoms with Crippen LogP contribution in [0.2, 0.25) is 0 Å². The minimum atomic E-state index is 1.39. The van der Waals surface area contributed by atoms with Crippen LogP contribution in [0.15, 0.2) is 48.5 Å². The lowest BCUT2D eigenvalue weighted by Gasteiger charge is -2.13. The molecule has 0 aliphatic carbocycles. The molecule has 4 aromatic carbocycles. The SMILES string of the molecule is Cc1cc2c3cccc4c5sc(C)cc5c5cccc(c2s1)c5c34. The molecule has 0 spiro atoms. The summed E-state index contributed by atoms with van der Waals surface area (Å²) in [6, 6.07) is 18.4. The Kier molecular flexibility index (Phi) is 2.34. The van der Waals surface area contributed by atoms with E-state index in [-0.39, 0.29) is 0 Å². The number of hydrogen-bond acceptors (Lipinski definition) is 2. The molecule has 0 aliphatic rings. The molecule has 0 unspecified atom stereocenters. The van der Waals surface area contributed by atoms with Gasteiger partial charge in [0.25, 0.3) is 0 Å². The topological polar surface area (TPSA) is 0 Å². The van der Waals surface area contributed by atoms with Gasteiger partial charge in [0.2, 0.25) is 0 Å². The van der Waals surface area contributed by atoms with Crippen molar-refractivity contribution in [2.24, 2.45) is 0 Å². The lowest BCUT2D eigenvalue weighted by molar-refractivity contribution is 1.66. The monoisotopic (exact) mass is 342 g/mol. The second-order valence-corrected chi connectivity index (χ2v) is 9.17. The van der Waals surface area contributed by atoms with Gasteiger partial charge in [-0.05, 0) is 47.5 Å². The summed E-state index contributed by atoms with van der Waals surface area (Å²) >= 11 is 3.85. The first kappa shape index (κ1) is 13.2. The molecule has 2 heterocycles. The summed E-state index contributed by atoms with van der Waals surface area (Å²) in [4.78, 5) is 2.78. The Hall–Kier alpha value is -2.16. The van der Waals surface area contributed by atoms with Gasteiger partial charge in [-0.3, -0.25) is 0 Å². The van der Waals surface area contributed by atoms with Gasteiger partial charge in [-0.1, -0.05) is 36.4 Å². The van der Waals surface area contributed by atoms with Crippen molar-refractivity contribution in [3.8, 4) is 0 Å². The minimum Gasteiger partial charge on any atom is -0.140 e. The highest BCUT2D eigenvalue weighted by Gasteiger charge is 2.18. The van der Waals surface area contributed by atoms with Gasteiger partial charge < -0.3 is 0 Å². The molecule has 114 valence electrons. The van der Waals surface area contributed by atoms with Crippen LogP contribution in [0.3, 0.4) is 0 Å². The van der Waals surface area contributed by atoms with Gasteiger partial charge in [-0.2, -0.15) is 0 Å². The van der Waals surface area contributed by atoms with E-state index in [0.29, 0.717) is 0 Å². The number of hydrogen-bond donors (Lipinski definition) is 0. The molecule has 0 radical (unpaired) electrons. The molecule has 2 heteroatoms. The average Bonchev–Trinajstić information content (AvgIpc) is 3.16. The zero-order chi connectivity index (χ0) is 16.0. The molecule has 0 saturated carbocycles. The van der Waals surface area contributed by atoms with Gasteiger partial charge in [-0.25, -0.2) is 0 Å². The molecule has 0 N–H and O–H groups in total. The number of fused-ring (bicyclic) bond motifs is 6.